The molecule has 0 bridgehead atoms. The van der Waals surface area contributed by atoms with Crippen LogP contribution in [0.3, 0.4) is 0 Å². The molecule has 1 aromatic heterocycles. The Morgan fingerprint density at radius 1 is 1.21 bits per heavy atom. The number of amidine groups is 1. The van der Waals surface area contributed by atoms with Gasteiger partial charge in [-0.3, -0.25) is 4.99 Å². The Balaban J connectivity index is 1.70. The number of halogens is 5. The molecule has 1 saturated heterocycles. The van der Waals surface area contributed by atoms with Crippen molar-refractivity contribution in [2.45, 2.75) is 51.6 Å². The molecular formula is C28H33F5N6. The van der Waals surface area contributed by atoms with Crippen LogP contribution >= 0.6 is 0 Å². The first-order valence-corrected chi connectivity index (χ1v) is 12.6. The van der Waals surface area contributed by atoms with E-state index in [2.05, 4.69) is 33.8 Å². The normalized spacial score (nSPS) is 15.9. The van der Waals surface area contributed by atoms with Crippen molar-refractivity contribution in [3.8, 4) is 0 Å². The molecule has 0 aliphatic carbocycles. The molecule has 1 unspecified atom stereocenters. The van der Waals surface area contributed by atoms with Crippen molar-refractivity contribution in [2.75, 3.05) is 25.0 Å². The molecule has 1 fully saturated rings. The predicted molar refractivity (Wildman–Crippen MR) is 143 cm³/mol. The Kier molecular flexibility index (Phi) is 9.82. The van der Waals surface area contributed by atoms with E-state index < -0.39 is 23.5 Å². The lowest BCUT2D eigenvalue weighted by atomic mass is 9.87. The van der Waals surface area contributed by atoms with Gasteiger partial charge in [-0.1, -0.05) is 32.2 Å². The van der Waals surface area contributed by atoms with Gasteiger partial charge in [0.15, 0.2) is 0 Å². The highest BCUT2D eigenvalue weighted by atomic mass is 19.4. The number of hydrogen-bond donors (Lipinski definition) is 2. The zero-order chi connectivity index (χ0) is 28.7. The molecule has 0 radical (unpaired) electrons. The van der Waals surface area contributed by atoms with E-state index in [9.17, 15) is 22.0 Å². The van der Waals surface area contributed by atoms with Gasteiger partial charge in [0.25, 0.3) is 0 Å². The van der Waals surface area contributed by atoms with E-state index in [0.717, 1.165) is 24.1 Å². The first-order valence-electron chi connectivity index (χ1n) is 12.6. The smallest absolute Gasteiger partial charge is 0.359 e. The highest BCUT2D eigenvalue weighted by Gasteiger charge is 2.32. The van der Waals surface area contributed by atoms with Gasteiger partial charge in [-0.2, -0.15) is 13.2 Å². The number of hydrogen-bond acceptors (Lipinski definition) is 5. The van der Waals surface area contributed by atoms with Crippen molar-refractivity contribution in [1.82, 2.24) is 20.2 Å². The molecule has 2 aromatic rings. The van der Waals surface area contributed by atoms with E-state index in [1.54, 1.807) is 26.1 Å². The second-order valence-electron chi connectivity index (χ2n) is 9.42. The number of nitrogens with zero attached hydrogens (tertiary/aromatic N) is 4. The molecule has 0 amide bonds. The van der Waals surface area contributed by atoms with E-state index in [0.29, 0.717) is 24.7 Å². The van der Waals surface area contributed by atoms with Crippen LogP contribution in [0.1, 0.15) is 55.6 Å². The summed E-state index contributed by atoms with van der Waals surface area (Å²) in [4.78, 5) is 15.4. The lowest BCUT2D eigenvalue weighted by Gasteiger charge is -2.35. The fourth-order valence-corrected chi connectivity index (χ4v) is 4.32. The Morgan fingerprint density at radius 3 is 2.44 bits per heavy atom. The summed E-state index contributed by atoms with van der Waals surface area (Å²) in [7, 11) is 0. The topological polar surface area (TPSA) is 65.4 Å². The summed E-state index contributed by atoms with van der Waals surface area (Å²) < 4.78 is 66.9. The highest BCUT2D eigenvalue weighted by molar-refractivity contribution is 5.94. The van der Waals surface area contributed by atoms with E-state index in [1.807, 2.05) is 11.8 Å². The summed E-state index contributed by atoms with van der Waals surface area (Å²) in [6, 6.07) is 3.66. The van der Waals surface area contributed by atoms with E-state index in [1.165, 1.54) is 24.3 Å². The Hall–Kier alpha value is -3.76. The van der Waals surface area contributed by atoms with Crippen molar-refractivity contribution in [2.24, 2.45) is 4.99 Å². The fourth-order valence-electron chi connectivity index (χ4n) is 4.32. The minimum atomic E-state index is -4.58. The van der Waals surface area contributed by atoms with Gasteiger partial charge in [0.05, 0.1) is 11.5 Å². The molecule has 3 rings (SSSR count). The largest absolute Gasteiger partial charge is 0.430 e. The predicted octanol–water partition coefficient (Wildman–Crippen LogP) is 6.57. The van der Waals surface area contributed by atoms with Gasteiger partial charge in [0.1, 0.15) is 34.7 Å². The molecule has 2 N–H and O–H groups in total. The van der Waals surface area contributed by atoms with E-state index >= 15 is 0 Å². The van der Waals surface area contributed by atoms with Crippen LogP contribution in [0.15, 0.2) is 66.2 Å². The van der Waals surface area contributed by atoms with Gasteiger partial charge in [-0.05, 0) is 50.5 Å². The monoisotopic (exact) mass is 548 g/mol. The molecule has 2 heterocycles. The molecule has 39 heavy (non-hydrogen) atoms. The maximum absolute atomic E-state index is 14.0. The number of aliphatic imine (C=N–C) groups is 1. The van der Waals surface area contributed by atoms with Crippen LogP contribution in [-0.2, 0) is 0 Å². The third-order valence-electron chi connectivity index (χ3n) is 6.48. The lowest BCUT2D eigenvalue weighted by Crippen LogP contribution is -2.35. The zero-order valence-electron chi connectivity index (χ0n) is 22.2. The fraction of sp³-hybridized carbons (Fsp3) is 0.393. The van der Waals surface area contributed by atoms with Crippen LogP contribution in [0.25, 0.3) is 0 Å². The number of anilines is 1. The van der Waals surface area contributed by atoms with Gasteiger partial charge in [-0.25, -0.2) is 18.7 Å². The SMILES string of the molecule is C=C(Nc1c(F)cccc1F)N1CCC(c2nc(C)ncc2C(C)CN=C(/C=C\C)NC(=C)C(F)(F)F)CC1. The van der Waals surface area contributed by atoms with Crippen molar-refractivity contribution < 1.29 is 22.0 Å². The third-order valence-corrected chi connectivity index (χ3v) is 6.48. The lowest BCUT2D eigenvalue weighted by molar-refractivity contribution is -0.0944. The van der Waals surface area contributed by atoms with E-state index in [4.69, 9.17) is 4.98 Å². The number of aryl methyl sites for hydroxylation is 1. The van der Waals surface area contributed by atoms with Gasteiger partial charge >= 0.3 is 6.18 Å². The Bertz CT molecular complexity index is 1230. The van der Waals surface area contributed by atoms with Crippen LogP contribution in [0, 0.1) is 18.6 Å². The molecule has 1 aliphatic heterocycles. The number of piperidine rings is 1. The summed E-state index contributed by atoms with van der Waals surface area (Å²) in [5.74, 6) is -0.374. The minimum absolute atomic E-state index is 0.0619. The molecule has 1 aliphatic rings. The molecule has 0 spiro atoms. The molecule has 210 valence electrons. The van der Waals surface area contributed by atoms with Gasteiger partial charge in [0.2, 0.25) is 0 Å². The second-order valence-corrected chi connectivity index (χ2v) is 9.42. The second kappa shape index (κ2) is 12.9. The number of nitrogens with one attached hydrogen (secondary N) is 2. The summed E-state index contributed by atoms with van der Waals surface area (Å²) in [6.07, 6.45) is 1.67. The van der Waals surface area contributed by atoms with Crippen LogP contribution in [-0.4, -0.2) is 46.5 Å². The van der Waals surface area contributed by atoms with Gasteiger partial charge in [-0.15, -0.1) is 0 Å². The van der Waals surface area contributed by atoms with Crippen molar-refractivity contribution in [3.05, 3.63) is 89.9 Å². The molecule has 11 heteroatoms. The molecule has 1 atom stereocenters. The maximum Gasteiger partial charge on any atom is 0.430 e. The summed E-state index contributed by atoms with van der Waals surface area (Å²) in [5.41, 5.74) is 0.428. The van der Waals surface area contributed by atoms with Crippen molar-refractivity contribution in [1.29, 1.82) is 0 Å². The van der Waals surface area contributed by atoms with Crippen LogP contribution in [0.5, 0.6) is 0 Å². The summed E-state index contributed by atoms with van der Waals surface area (Å²) in [6.45, 7) is 13.8. The summed E-state index contributed by atoms with van der Waals surface area (Å²) >= 11 is 0. The number of para-hydroxylation sites is 1. The number of likely N-dealkylation sites (tertiary alicyclic amines) is 1. The van der Waals surface area contributed by atoms with Gasteiger partial charge in [0, 0.05) is 37.7 Å². The van der Waals surface area contributed by atoms with Crippen molar-refractivity contribution >= 4 is 11.5 Å². The Morgan fingerprint density at radius 2 is 1.85 bits per heavy atom. The molecule has 1 aromatic carbocycles. The first kappa shape index (κ1) is 29.8. The number of rotatable bonds is 9. The summed E-state index contributed by atoms with van der Waals surface area (Å²) in [5, 5.41) is 4.99. The zero-order valence-corrected chi connectivity index (χ0v) is 22.2. The molecule has 0 saturated carbocycles. The maximum atomic E-state index is 14.0. The molecule has 6 nitrogen and oxygen atoms in total. The molecular weight excluding hydrogens is 515 g/mol. The number of benzene rings is 1. The van der Waals surface area contributed by atoms with E-state index in [-0.39, 0.29) is 29.9 Å². The first-order chi connectivity index (χ1) is 18.4. The average molecular weight is 549 g/mol. The van der Waals surface area contributed by atoms with Crippen LogP contribution < -0.4 is 10.6 Å². The minimum Gasteiger partial charge on any atom is -0.359 e. The van der Waals surface area contributed by atoms with Crippen LogP contribution in [0.2, 0.25) is 0 Å². The van der Waals surface area contributed by atoms with Crippen LogP contribution in [0.4, 0.5) is 27.6 Å². The Labute approximate surface area is 225 Å². The number of allylic oxidation sites excluding steroid dienone is 2. The van der Waals surface area contributed by atoms with Crippen molar-refractivity contribution in [3.63, 3.8) is 0 Å². The highest BCUT2D eigenvalue weighted by Crippen LogP contribution is 2.33. The number of aromatic nitrogens is 2. The number of alkyl halides is 3. The quantitative estimate of drug-likeness (QED) is 0.211. The third kappa shape index (κ3) is 7.87. The average Bonchev–Trinajstić information content (AvgIpc) is 2.88. The van der Waals surface area contributed by atoms with Gasteiger partial charge < -0.3 is 15.5 Å². The standard InChI is InChI=1S/C28H33F5N6/c1-6-8-25(36-18(3)28(31,32)33)35-15-17(2)22-16-34-19(4)37-26(22)21-11-13-39(14-12-21)20(5)38-27-23(29)9-7-10-24(27)30/h6-10,16-17,21,38H,3,5,11-15H2,1-2,4H3,(H,35,36)/b8-6-.